The number of allylic oxidation sites excluding steroid dienone is 1. The number of ether oxygens (including phenoxy) is 1. The highest BCUT2D eigenvalue weighted by Crippen LogP contribution is 1.87. The smallest absolute Gasteiger partial charge is 0.0589 e. The van der Waals surface area contributed by atoms with E-state index in [9.17, 15) is 0 Å². The summed E-state index contributed by atoms with van der Waals surface area (Å²) in [6.07, 6.45) is 4.14. The summed E-state index contributed by atoms with van der Waals surface area (Å²) >= 11 is 0. The van der Waals surface area contributed by atoms with Gasteiger partial charge in [0, 0.05) is 33.8 Å². The first-order valence-electron chi connectivity index (χ1n) is 4.71. The highest BCUT2D eigenvalue weighted by atomic mass is 16.5. The van der Waals surface area contributed by atoms with Crippen molar-refractivity contribution in [3.05, 3.63) is 12.3 Å². The van der Waals surface area contributed by atoms with Crippen LogP contribution in [0.15, 0.2) is 12.3 Å². The van der Waals surface area contributed by atoms with Gasteiger partial charge in [0.25, 0.3) is 0 Å². The zero-order chi connectivity index (χ0) is 10.1. The van der Waals surface area contributed by atoms with Crippen molar-refractivity contribution in [3.63, 3.8) is 0 Å². The predicted octanol–water partition coefficient (Wildman–Crippen LogP) is 1.03. The summed E-state index contributed by atoms with van der Waals surface area (Å²) in [5, 5.41) is 0. The molecule has 0 aliphatic heterocycles. The number of likely N-dealkylation sites (N-methyl/N-ethyl adjacent to an activating group) is 2. The third-order valence-corrected chi connectivity index (χ3v) is 1.92. The highest BCUT2D eigenvalue weighted by Gasteiger charge is 1.97. The van der Waals surface area contributed by atoms with Crippen LogP contribution in [-0.4, -0.2) is 57.2 Å². The quantitative estimate of drug-likeness (QED) is 0.590. The molecule has 3 heteroatoms. The molecule has 78 valence electrons. The van der Waals surface area contributed by atoms with Crippen LogP contribution in [0.2, 0.25) is 0 Å². The van der Waals surface area contributed by atoms with Crippen molar-refractivity contribution < 1.29 is 4.74 Å². The van der Waals surface area contributed by atoms with Gasteiger partial charge >= 0.3 is 0 Å². The first-order valence-corrected chi connectivity index (χ1v) is 4.71. The Labute approximate surface area is 82.0 Å². The van der Waals surface area contributed by atoms with E-state index in [0.29, 0.717) is 0 Å². The van der Waals surface area contributed by atoms with E-state index in [1.54, 1.807) is 7.11 Å². The molecule has 0 spiro atoms. The normalized spacial score (nSPS) is 11.5. The van der Waals surface area contributed by atoms with Crippen molar-refractivity contribution in [2.75, 3.05) is 47.4 Å². The lowest BCUT2D eigenvalue weighted by molar-refractivity contribution is 0.158. The van der Waals surface area contributed by atoms with Crippen LogP contribution in [0, 0.1) is 0 Å². The van der Waals surface area contributed by atoms with Gasteiger partial charge in [-0.2, -0.15) is 0 Å². The van der Waals surface area contributed by atoms with Crippen LogP contribution in [0.4, 0.5) is 0 Å². The summed E-state index contributed by atoms with van der Waals surface area (Å²) in [5.74, 6) is 0. The second-order valence-electron chi connectivity index (χ2n) is 3.26. The maximum absolute atomic E-state index is 5.00. The average molecular weight is 186 g/mol. The SMILES string of the molecule is C/C=C\N(C)CCN(C)CCOC. The van der Waals surface area contributed by atoms with Gasteiger partial charge in [0.15, 0.2) is 0 Å². The van der Waals surface area contributed by atoms with Gasteiger partial charge in [-0.25, -0.2) is 0 Å². The van der Waals surface area contributed by atoms with E-state index >= 15 is 0 Å². The molecule has 0 N–H and O–H groups in total. The van der Waals surface area contributed by atoms with Crippen LogP contribution in [0.25, 0.3) is 0 Å². The van der Waals surface area contributed by atoms with Gasteiger partial charge in [0.05, 0.1) is 6.61 Å². The van der Waals surface area contributed by atoms with Crippen molar-refractivity contribution in [1.29, 1.82) is 0 Å². The molecule has 0 aliphatic rings. The van der Waals surface area contributed by atoms with Gasteiger partial charge in [-0.15, -0.1) is 0 Å². The first kappa shape index (κ1) is 12.5. The molecule has 0 atom stereocenters. The number of hydrogen-bond donors (Lipinski definition) is 0. The number of hydrogen-bond acceptors (Lipinski definition) is 3. The average Bonchev–Trinajstić information content (AvgIpc) is 2.12. The molecule has 0 saturated heterocycles. The predicted molar refractivity (Wildman–Crippen MR) is 56.8 cm³/mol. The van der Waals surface area contributed by atoms with Gasteiger partial charge in [-0.05, 0) is 20.2 Å². The fraction of sp³-hybridized carbons (Fsp3) is 0.800. The van der Waals surface area contributed by atoms with E-state index in [1.165, 1.54) is 0 Å². The topological polar surface area (TPSA) is 15.7 Å². The number of nitrogens with zero attached hydrogens (tertiary/aromatic N) is 2. The van der Waals surface area contributed by atoms with Gasteiger partial charge in [-0.1, -0.05) is 6.08 Å². The molecular formula is C10H22N2O. The molecule has 0 unspecified atom stereocenters. The van der Waals surface area contributed by atoms with E-state index in [0.717, 1.165) is 26.2 Å². The summed E-state index contributed by atoms with van der Waals surface area (Å²) in [6, 6.07) is 0. The Morgan fingerprint density at radius 2 is 1.85 bits per heavy atom. The van der Waals surface area contributed by atoms with Gasteiger partial charge < -0.3 is 14.5 Å². The van der Waals surface area contributed by atoms with Crippen LogP contribution >= 0.6 is 0 Å². The Bertz CT molecular complexity index is 137. The minimum Gasteiger partial charge on any atom is -0.383 e. The minimum atomic E-state index is 0.809. The maximum Gasteiger partial charge on any atom is 0.0589 e. The molecular weight excluding hydrogens is 164 g/mol. The first-order chi connectivity index (χ1) is 6.20. The van der Waals surface area contributed by atoms with Crippen LogP contribution in [-0.2, 0) is 4.74 Å². The molecule has 0 aromatic heterocycles. The van der Waals surface area contributed by atoms with Gasteiger partial charge in [-0.3, -0.25) is 0 Å². The molecule has 0 saturated carbocycles. The molecule has 0 bridgehead atoms. The third-order valence-electron chi connectivity index (χ3n) is 1.92. The maximum atomic E-state index is 5.00. The monoisotopic (exact) mass is 186 g/mol. The van der Waals surface area contributed by atoms with Crippen molar-refractivity contribution in [2.45, 2.75) is 6.92 Å². The summed E-state index contributed by atoms with van der Waals surface area (Å²) in [5.41, 5.74) is 0. The largest absolute Gasteiger partial charge is 0.383 e. The molecule has 0 fully saturated rings. The Balaban J connectivity index is 3.39. The van der Waals surface area contributed by atoms with E-state index in [2.05, 4.69) is 36.2 Å². The van der Waals surface area contributed by atoms with Crippen molar-refractivity contribution in [2.24, 2.45) is 0 Å². The summed E-state index contributed by atoms with van der Waals surface area (Å²) in [7, 11) is 5.94. The highest BCUT2D eigenvalue weighted by molar-refractivity contribution is 4.76. The Morgan fingerprint density at radius 1 is 1.15 bits per heavy atom. The second-order valence-corrected chi connectivity index (χ2v) is 3.26. The second kappa shape index (κ2) is 8.08. The number of rotatable bonds is 7. The van der Waals surface area contributed by atoms with E-state index in [4.69, 9.17) is 4.74 Å². The zero-order valence-electron chi connectivity index (χ0n) is 9.29. The fourth-order valence-electron chi connectivity index (χ4n) is 1.02. The molecule has 0 heterocycles. The van der Waals surface area contributed by atoms with E-state index < -0.39 is 0 Å². The minimum absolute atomic E-state index is 0.809. The molecule has 13 heavy (non-hydrogen) atoms. The van der Waals surface area contributed by atoms with Crippen molar-refractivity contribution in [1.82, 2.24) is 9.80 Å². The Hall–Kier alpha value is -0.540. The molecule has 0 amide bonds. The van der Waals surface area contributed by atoms with Crippen LogP contribution in [0.3, 0.4) is 0 Å². The van der Waals surface area contributed by atoms with Gasteiger partial charge in [0.1, 0.15) is 0 Å². The summed E-state index contributed by atoms with van der Waals surface area (Å²) in [6.45, 7) is 5.98. The zero-order valence-corrected chi connectivity index (χ0v) is 9.29. The standard InChI is InChI=1S/C10H22N2O/c1-5-6-11(2)7-8-12(3)9-10-13-4/h5-6H,7-10H2,1-4H3/b6-5-. The van der Waals surface area contributed by atoms with Crippen LogP contribution in [0.1, 0.15) is 6.92 Å². The lowest BCUT2D eigenvalue weighted by Gasteiger charge is -2.20. The van der Waals surface area contributed by atoms with E-state index in [1.807, 2.05) is 6.92 Å². The Kier molecular flexibility index (Phi) is 7.74. The molecule has 0 aromatic carbocycles. The molecule has 0 aliphatic carbocycles. The molecule has 0 radical (unpaired) electrons. The molecule has 3 nitrogen and oxygen atoms in total. The lowest BCUT2D eigenvalue weighted by atomic mass is 10.5. The lowest BCUT2D eigenvalue weighted by Crippen LogP contribution is -2.30. The van der Waals surface area contributed by atoms with Crippen molar-refractivity contribution in [3.8, 4) is 0 Å². The van der Waals surface area contributed by atoms with Gasteiger partial charge in [0.2, 0.25) is 0 Å². The summed E-state index contributed by atoms with van der Waals surface area (Å²) in [4.78, 5) is 4.45. The third kappa shape index (κ3) is 7.81. The fourth-order valence-corrected chi connectivity index (χ4v) is 1.02. The van der Waals surface area contributed by atoms with Crippen LogP contribution < -0.4 is 0 Å². The summed E-state index contributed by atoms with van der Waals surface area (Å²) < 4.78 is 5.00. The Morgan fingerprint density at radius 3 is 2.38 bits per heavy atom. The van der Waals surface area contributed by atoms with Crippen LogP contribution in [0.5, 0.6) is 0 Å². The molecule has 0 aromatic rings. The molecule has 0 rings (SSSR count). The van der Waals surface area contributed by atoms with Crippen molar-refractivity contribution >= 4 is 0 Å². The number of methoxy groups -OCH3 is 1. The van der Waals surface area contributed by atoms with E-state index in [-0.39, 0.29) is 0 Å².